The highest BCUT2D eigenvalue weighted by Gasteiger charge is 2.23. The standard InChI is InChI=1S/C13H18ClN3O/c1-8(9-4-2-3-5-9)17-13(18)10-6-11(14)12(15)16-7-10/h6-9H,2-5H2,1H3,(H2,15,16)(H,17,18). The normalized spacial score (nSPS) is 17.7. The highest BCUT2D eigenvalue weighted by atomic mass is 35.5. The molecule has 0 aromatic carbocycles. The van der Waals surface area contributed by atoms with E-state index in [1.165, 1.54) is 31.9 Å². The van der Waals surface area contributed by atoms with Crippen molar-refractivity contribution in [2.24, 2.45) is 5.92 Å². The maximum Gasteiger partial charge on any atom is 0.253 e. The summed E-state index contributed by atoms with van der Waals surface area (Å²) in [4.78, 5) is 15.9. The van der Waals surface area contributed by atoms with Crippen molar-refractivity contribution >= 4 is 23.3 Å². The molecule has 1 fully saturated rings. The number of nitrogens with one attached hydrogen (secondary N) is 1. The lowest BCUT2D eigenvalue weighted by atomic mass is 9.99. The number of nitrogens with two attached hydrogens (primary N) is 1. The molecule has 0 radical (unpaired) electrons. The zero-order valence-corrected chi connectivity index (χ0v) is 11.2. The minimum Gasteiger partial charge on any atom is -0.382 e. The predicted molar refractivity (Wildman–Crippen MR) is 72.5 cm³/mol. The molecule has 4 nitrogen and oxygen atoms in total. The summed E-state index contributed by atoms with van der Waals surface area (Å²) >= 11 is 5.85. The van der Waals surface area contributed by atoms with E-state index in [-0.39, 0.29) is 17.8 Å². The zero-order valence-electron chi connectivity index (χ0n) is 10.4. The summed E-state index contributed by atoms with van der Waals surface area (Å²) in [6.45, 7) is 2.06. The molecule has 0 aliphatic heterocycles. The lowest BCUT2D eigenvalue weighted by molar-refractivity contribution is 0.0927. The van der Waals surface area contributed by atoms with Crippen LogP contribution in [0.1, 0.15) is 43.0 Å². The van der Waals surface area contributed by atoms with Crippen LogP contribution >= 0.6 is 11.6 Å². The van der Waals surface area contributed by atoms with Gasteiger partial charge in [0, 0.05) is 12.2 Å². The average Bonchev–Trinajstić information content (AvgIpc) is 2.86. The molecule has 2 rings (SSSR count). The van der Waals surface area contributed by atoms with Crippen LogP contribution in [0.5, 0.6) is 0 Å². The fourth-order valence-corrected chi connectivity index (χ4v) is 2.60. The monoisotopic (exact) mass is 267 g/mol. The number of nitrogen functional groups attached to an aromatic ring is 1. The number of amides is 1. The summed E-state index contributed by atoms with van der Waals surface area (Å²) in [6, 6.07) is 1.75. The third-order valence-electron chi connectivity index (χ3n) is 3.60. The van der Waals surface area contributed by atoms with Crippen molar-refractivity contribution < 1.29 is 4.79 Å². The van der Waals surface area contributed by atoms with Gasteiger partial charge in [0.2, 0.25) is 0 Å². The molecular formula is C13H18ClN3O. The Kier molecular flexibility index (Phi) is 4.07. The largest absolute Gasteiger partial charge is 0.382 e. The van der Waals surface area contributed by atoms with Crippen LogP contribution in [0.2, 0.25) is 5.02 Å². The molecule has 5 heteroatoms. The molecule has 1 saturated carbocycles. The molecule has 0 spiro atoms. The van der Waals surface area contributed by atoms with Crippen molar-refractivity contribution in [3.05, 3.63) is 22.8 Å². The summed E-state index contributed by atoms with van der Waals surface area (Å²) in [7, 11) is 0. The van der Waals surface area contributed by atoms with Gasteiger partial charge < -0.3 is 11.1 Å². The molecule has 1 atom stereocenters. The van der Waals surface area contributed by atoms with Gasteiger partial charge in [-0.05, 0) is 31.7 Å². The maximum absolute atomic E-state index is 12.0. The van der Waals surface area contributed by atoms with Crippen LogP contribution in [0.4, 0.5) is 5.82 Å². The molecule has 1 aliphatic rings. The Morgan fingerprint density at radius 3 is 2.83 bits per heavy atom. The smallest absolute Gasteiger partial charge is 0.253 e. The topological polar surface area (TPSA) is 68.0 Å². The van der Waals surface area contributed by atoms with E-state index in [9.17, 15) is 4.79 Å². The Morgan fingerprint density at radius 1 is 1.56 bits per heavy atom. The highest BCUT2D eigenvalue weighted by Crippen LogP contribution is 2.27. The number of anilines is 1. The SMILES string of the molecule is CC(NC(=O)c1cnc(N)c(Cl)c1)C1CCCC1. The van der Waals surface area contributed by atoms with Crippen molar-refractivity contribution in [1.29, 1.82) is 0 Å². The predicted octanol–water partition coefficient (Wildman–Crippen LogP) is 2.63. The third-order valence-corrected chi connectivity index (χ3v) is 3.90. The Bertz CT molecular complexity index is 444. The number of carbonyl (C=O) groups is 1. The molecule has 98 valence electrons. The Hall–Kier alpha value is -1.29. The second-order valence-electron chi connectivity index (χ2n) is 4.90. The molecule has 1 heterocycles. The fourth-order valence-electron chi connectivity index (χ4n) is 2.44. The second kappa shape index (κ2) is 5.57. The first kappa shape index (κ1) is 13.1. The molecule has 1 aromatic rings. The fraction of sp³-hybridized carbons (Fsp3) is 0.538. The number of hydrogen-bond acceptors (Lipinski definition) is 3. The van der Waals surface area contributed by atoms with Crippen molar-refractivity contribution in [3.8, 4) is 0 Å². The van der Waals surface area contributed by atoms with Crippen LogP contribution in [0.15, 0.2) is 12.3 Å². The van der Waals surface area contributed by atoms with Crippen molar-refractivity contribution in [3.63, 3.8) is 0 Å². The first-order valence-corrected chi connectivity index (χ1v) is 6.67. The number of pyridine rings is 1. The van der Waals surface area contributed by atoms with Gasteiger partial charge >= 0.3 is 0 Å². The molecule has 0 bridgehead atoms. The summed E-state index contributed by atoms with van der Waals surface area (Å²) in [5.74, 6) is 0.701. The van der Waals surface area contributed by atoms with E-state index >= 15 is 0 Å². The van der Waals surface area contributed by atoms with Gasteiger partial charge in [0.25, 0.3) is 5.91 Å². The molecular weight excluding hydrogens is 250 g/mol. The van der Waals surface area contributed by atoms with Gasteiger partial charge in [-0.25, -0.2) is 4.98 Å². The molecule has 1 amide bonds. The quantitative estimate of drug-likeness (QED) is 0.885. The third kappa shape index (κ3) is 2.93. The Labute approximate surface area is 112 Å². The van der Waals surface area contributed by atoms with E-state index in [1.54, 1.807) is 6.07 Å². The lowest BCUT2D eigenvalue weighted by Crippen LogP contribution is -2.37. The van der Waals surface area contributed by atoms with Gasteiger partial charge in [-0.2, -0.15) is 0 Å². The molecule has 18 heavy (non-hydrogen) atoms. The highest BCUT2D eigenvalue weighted by molar-refractivity contribution is 6.33. The van der Waals surface area contributed by atoms with Crippen LogP contribution < -0.4 is 11.1 Å². The van der Waals surface area contributed by atoms with Gasteiger partial charge in [-0.15, -0.1) is 0 Å². The molecule has 1 unspecified atom stereocenters. The van der Waals surface area contributed by atoms with E-state index in [0.717, 1.165) is 0 Å². The zero-order chi connectivity index (χ0) is 13.1. The Morgan fingerprint density at radius 2 is 2.22 bits per heavy atom. The van der Waals surface area contributed by atoms with Gasteiger partial charge in [0.1, 0.15) is 5.82 Å². The van der Waals surface area contributed by atoms with Gasteiger partial charge in [0.05, 0.1) is 10.6 Å². The maximum atomic E-state index is 12.0. The van der Waals surface area contributed by atoms with E-state index in [1.807, 2.05) is 0 Å². The number of carbonyl (C=O) groups excluding carboxylic acids is 1. The van der Waals surface area contributed by atoms with Crippen molar-refractivity contribution in [2.75, 3.05) is 5.73 Å². The first-order valence-electron chi connectivity index (χ1n) is 6.30. The van der Waals surface area contributed by atoms with E-state index < -0.39 is 0 Å². The number of nitrogens with zero attached hydrogens (tertiary/aromatic N) is 1. The van der Waals surface area contributed by atoms with E-state index in [0.29, 0.717) is 16.5 Å². The van der Waals surface area contributed by atoms with Gasteiger partial charge in [0.15, 0.2) is 0 Å². The number of aromatic nitrogens is 1. The van der Waals surface area contributed by atoms with Crippen LogP contribution in [-0.4, -0.2) is 16.9 Å². The molecule has 1 aromatic heterocycles. The average molecular weight is 268 g/mol. The lowest BCUT2D eigenvalue weighted by Gasteiger charge is -2.20. The van der Waals surface area contributed by atoms with Crippen molar-refractivity contribution in [1.82, 2.24) is 10.3 Å². The summed E-state index contributed by atoms with van der Waals surface area (Å²) in [6.07, 6.45) is 6.38. The number of halogens is 1. The molecule has 1 aliphatic carbocycles. The van der Waals surface area contributed by atoms with E-state index in [4.69, 9.17) is 17.3 Å². The van der Waals surface area contributed by atoms with Gasteiger partial charge in [-0.1, -0.05) is 24.4 Å². The van der Waals surface area contributed by atoms with Crippen LogP contribution in [0, 0.1) is 5.92 Å². The second-order valence-corrected chi connectivity index (χ2v) is 5.30. The van der Waals surface area contributed by atoms with Crippen LogP contribution in [0.3, 0.4) is 0 Å². The van der Waals surface area contributed by atoms with Crippen LogP contribution in [0.25, 0.3) is 0 Å². The minimum atomic E-state index is -0.135. The number of hydrogen-bond donors (Lipinski definition) is 2. The van der Waals surface area contributed by atoms with Gasteiger partial charge in [-0.3, -0.25) is 4.79 Å². The minimum absolute atomic E-state index is 0.135. The summed E-state index contributed by atoms with van der Waals surface area (Å²) in [5, 5.41) is 3.32. The van der Waals surface area contributed by atoms with E-state index in [2.05, 4.69) is 17.2 Å². The van der Waals surface area contributed by atoms with Crippen LogP contribution in [-0.2, 0) is 0 Å². The Balaban J connectivity index is 2.00. The molecule has 0 saturated heterocycles. The first-order chi connectivity index (χ1) is 8.58. The van der Waals surface area contributed by atoms with Crippen molar-refractivity contribution in [2.45, 2.75) is 38.6 Å². The summed E-state index contributed by atoms with van der Waals surface area (Å²) in [5.41, 5.74) is 5.97. The summed E-state index contributed by atoms with van der Waals surface area (Å²) < 4.78 is 0. The number of rotatable bonds is 3. The molecule has 3 N–H and O–H groups in total.